The summed E-state index contributed by atoms with van der Waals surface area (Å²) in [6, 6.07) is 4.71. The fraction of sp³-hybridized carbons (Fsp3) is 0.647. The Morgan fingerprint density at radius 2 is 1.81 bits per heavy atom. The number of aromatic nitrogens is 3. The van der Waals surface area contributed by atoms with Crippen LogP contribution in [0.3, 0.4) is 0 Å². The van der Waals surface area contributed by atoms with Crippen LogP contribution in [0.1, 0.15) is 52.5 Å². The fourth-order valence-electron chi connectivity index (χ4n) is 4.32. The maximum absolute atomic E-state index is 4.34. The van der Waals surface area contributed by atoms with Crippen LogP contribution in [0.15, 0.2) is 18.5 Å². The van der Waals surface area contributed by atoms with Gasteiger partial charge in [0.15, 0.2) is 5.65 Å². The molecule has 0 unspecified atom stereocenters. The van der Waals surface area contributed by atoms with Crippen LogP contribution in [0.5, 0.6) is 0 Å². The molecule has 0 saturated heterocycles. The van der Waals surface area contributed by atoms with Crippen LogP contribution in [-0.4, -0.2) is 20.6 Å². The van der Waals surface area contributed by atoms with E-state index in [1.807, 2.05) is 4.52 Å². The van der Waals surface area contributed by atoms with Gasteiger partial charge in [-0.25, -0.2) is 4.98 Å². The van der Waals surface area contributed by atoms with Crippen LogP contribution in [0.25, 0.3) is 5.65 Å². The molecule has 114 valence electrons. The van der Waals surface area contributed by atoms with E-state index in [2.05, 4.69) is 62.2 Å². The lowest BCUT2D eigenvalue weighted by Crippen LogP contribution is -2.40. The molecule has 1 fully saturated rings. The van der Waals surface area contributed by atoms with Crippen LogP contribution in [0.4, 0.5) is 5.82 Å². The van der Waals surface area contributed by atoms with Crippen LogP contribution in [0.2, 0.25) is 0 Å². The molecule has 1 aliphatic rings. The molecule has 4 heteroatoms. The minimum Gasteiger partial charge on any atom is -0.367 e. The summed E-state index contributed by atoms with van der Waals surface area (Å²) >= 11 is 0. The summed E-state index contributed by atoms with van der Waals surface area (Å²) in [6.45, 7) is 11.6. The zero-order valence-corrected chi connectivity index (χ0v) is 13.8. The Bertz CT molecular complexity index is 638. The van der Waals surface area contributed by atoms with E-state index in [4.69, 9.17) is 0 Å². The molecule has 2 aromatic heterocycles. The third-order valence-electron chi connectivity index (χ3n) is 4.43. The van der Waals surface area contributed by atoms with E-state index < -0.39 is 0 Å². The van der Waals surface area contributed by atoms with E-state index in [1.165, 1.54) is 24.8 Å². The van der Waals surface area contributed by atoms with Crippen LogP contribution in [0, 0.1) is 17.8 Å². The SMILES string of the molecule is Cc1cc(NC2CC(C)(C)CC(C)(C)C2)n2ncnc2c1. The molecular weight excluding hydrogens is 260 g/mol. The first-order valence-corrected chi connectivity index (χ1v) is 7.81. The molecule has 0 aliphatic heterocycles. The minimum atomic E-state index is 0.380. The van der Waals surface area contributed by atoms with Crippen molar-refractivity contribution in [1.29, 1.82) is 0 Å². The summed E-state index contributed by atoms with van der Waals surface area (Å²) in [7, 11) is 0. The van der Waals surface area contributed by atoms with E-state index in [-0.39, 0.29) is 0 Å². The molecule has 0 radical (unpaired) electrons. The molecule has 0 bridgehead atoms. The first-order valence-electron chi connectivity index (χ1n) is 7.81. The van der Waals surface area contributed by atoms with Gasteiger partial charge in [0.2, 0.25) is 0 Å². The summed E-state index contributed by atoms with van der Waals surface area (Å²) in [4.78, 5) is 4.30. The summed E-state index contributed by atoms with van der Waals surface area (Å²) in [5.41, 5.74) is 2.88. The summed E-state index contributed by atoms with van der Waals surface area (Å²) in [6.07, 6.45) is 5.29. The topological polar surface area (TPSA) is 42.2 Å². The first kappa shape index (κ1) is 14.4. The number of pyridine rings is 1. The molecule has 0 amide bonds. The van der Waals surface area contributed by atoms with Crippen LogP contribution in [-0.2, 0) is 0 Å². The number of fused-ring (bicyclic) bond motifs is 1. The quantitative estimate of drug-likeness (QED) is 0.905. The Labute approximate surface area is 127 Å². The number of hydrogen-bond donors (Lipinski definition) is 1. The van der Waals surface area contributed by atoms with Gasteiger partial charge in [0, 0.05) is 6.04 Å². The average molecular weight is 286 g/mol. The van der Waals surface area contributed by atoms with Gasteiger partial charge in [0.1, 0.15) is 12.1 Å². The van der Waals surface area contributed by atoms with E-state index in [9.17, 15) is 0 Å². The van der Waals surface area contributed by atoms with Gasteiger partial charge >= 0.3 is 0 Å². The van der Waals surface area contributed by atoms with Gasteiger partial charge < -0.3 is 5.32 Å². The van der Waals surface area contributed by atoms with Gasteiger partial charge in [-0.3, -0.25) is 0 Å². The number of nitrogens with zero attached hydrogens (tertiary/aromatic N) is 3. The monoisotopic (exact) mass is 286 g/mol. The van der Waals surface area contributed by atoms with Crippen LogP contribution < -0.4 is 5.32 Å². The number of anilines is 1. The van der Waals surface area contributed by atoms with Crippen molar-refractivity contribution >= 4 is 11.5 Å². The third-order valence-corrected chi connectivity index (χ3v) is 4.43. The minimum absolute atomic E-state index is 0.380. The number of aryl methyl sites for hydroxylation is 1. The zero-order valence-electron chi connectivity index (χ0n) is 13.8. The largest absolute Gasteiger partial charge is 0.367 e. The summed E-state index contributed by atoms with van der Waals surface area (Å²) < 4.78 is 1.90. The van der Waals surface area contributed by atoms with Gasteiger partial charge in [-0.1, -0.05) is 27.7 Å². The number of nitrogens with one attached hydrogen (secondary N) is 1. The molecule has 1 N–H and O–H groups in total. The zero-order chi connectivity index (χ0) is 15.3. The fourth-order valence-corrected chi connectivity index (χ4v) is 4.32. The Hall–Kier alpha value is -1.58. The highest BCUT2D eigenvalue weighted by Crippen LogP contribution is 2.46. The molecule has 21 heavy (non-hydrogen) atoms. The molecule has 2 heterocycles. The predicted octanol–water partition coefficient (Wildman–Crippen LogP) is 4.05. The smallest absolute Gasteiger partial charge is 0.157 e. The highest BCUT2D eigenvalue weighted by atomic mass is 15.3. The van der Waals surface area contributed by atoms with Crippen molar-refractivity contribution in [3.8, 4) is 0 Å². The second-order valence-electron chi connectivity index (χ2n) is 8.20. The van der Waals surface area contributed by atoms with Crippen molar-refractivity contribution in [1.82, 2.24) is 14.6 Å². The second-order valence-corrected chi connectivity index (χ2v) is 8.20. The van der Waals surface area contributed by atoms with Gasteiger partial charge in [-0.2, -0.15) is 9.61 Å². The maximum atomic E-state index is 4.34. The predicted molar refractivity (Wildman–Crippen MR) is 86.5 cm³/mol. The lowest BCUT2D eigenvalue weighted by molar-refractivity contribution is 0.105. The van der Waals surface area contributed by atoms with E-state index >= 15 is 0 Å². The Balaban J connectivity index is 1.89. The van der Waals surface area contributed by atoms with Gasteiger partial charge in [0.25, 0.3) is 0 Å². The average Bonchev–Trinajstić information content (AvgIpc) is 2.71. The summed E-state index contributed by atoms with van der Waals surface area (Å²) in [5, 5.41) is 8.06. The molecule has 0 aromatic carbocycles. The maximum Gasteiger partial charge on any atom is 0.157 e. The van der Waals surface area contributed by atoms with Gasteiger partial charge in [0.05, 0.1) is 0 Å². The van der Waals surface area contributed by atoms with Gasteiger partial charge in [-0.15, -0.1) is 0 Å². The normalized spacial score (nSPS) is 21.6. The van der Waals surface area contributed by atoms with Crippen molar-refractivity contribution in [2.45, 2.75) is 59.9 Å². The molecule has 3 rings (SSSR count). The molecule has 0 spiro atoms. The summed E-state index contributed by atoms with van der Waals surface area (Å²) in [5.74, 6) is 1.06. The van der Waals surface area contributed by atoms with E-state index in [0.717, 1.165) is 11.5 Å². The highest BCUT2D eigenvalue weighted by Gasteiger charge is 2.38. The molecule has 2 aromatic rings. The number of rotatable bonds is 2. The van der Waals surface area contributed by atoms with Crippen molar-refractivity contribution in [2.75, 3.05) is 5.32 Å². The van der Waals surface area contributed by atoms with Crippen molar-refractivity contribution in [3.63, 3.8) is 0 Å². The van der Waals surface area contributed by atoms with E-state index in [0.29, 0.717) is 16.9 Å². The molecule has 1 aliphatic carbocycles. The van der Waals surface area contributed by atoms with E-state index in [1.54, 1.807) is 6.33 Å². The molecule has 4 nitrogen and oxygen atoms in total. The second kappa shape index (κ2) is 4.72. The van der Waals surface area contributed by atoms with Crippen molar-refractivity contribution in [3.05, 3.63) is 24.0 Å². The Kier molecular flexibility index (Phi) is 3.23. The third kappa shape index (κ3) is 3.04. The Morgan fingerprint density at radius 1 is 1.14 bits per heavy atom. The van der Waals surface area contributed by atoms with Gasteiger partial charge in [-0.05, 0) is 54.7 Å². The van der Waals surface area contributed by atoms with Crippen LogP contribution >= 0.6 is 0 Å². The highest BCUT2D eigenvalue weighted by molar-refractivity contribution is 5.51. The standard InChI is InChI=1S/C17H26N4/c1-12-6-14-18-11-19-21(14)15(7-12)20-13-8-16(2,3)10-17(4,5)9-13/h6-7,11,13,20H,8-10H2,1-5H3. The molecular formula is C17H26N4. The lowest BCUT2D eigenvalue weighted by atomic mass is 9.63. The molecule has 1 saturated carbocycles. The number of hydrogen-bond acceptors (Lipinski definition) is 3. The van der Waals surface area contributed by atoms with Crippen molar-refractivity contribution in [2.24, 2.45) is 10.8 Å². The van der Waals surface area contributed by atoms with Crippen molar-refractivity contribution < 1.29 is 0 Å². The first-order chi connectivity index (χ1) is 9.74. The molecule has 0 atom stereocenters. The Morgan fingerprint density at radius 3 is 2.48 bits per heavy atom. The lowest BCUT2D eigenvalue weighted by Gasteiger charge is -2.45.